The molecule has 20 heavy (non-hydrogen) atoms. The highest BCUT2D eigenvalue weighted by atomic mass is 19.1. The molecule has 0 heterocycles. The molecule has 0 N–H and O–H groups in total. The van der Waals surface area contributed by atoms with Crippen LogP contribution in [-0.4, -0.2) is 6.17 Å². The third-order valence-electron chi connectivity index (χ3n) is 4.05. The topological polar surface area (TPSA) is 0 Å². The lowest BCUT2D eigenvalue weighted by molar-refractivity contribution is 0.281. The van der Waals surface area contributed by atoms with Crippen LogP contribution in [0.4, 0.5) is 4.39 Å². The number of allylic oxidation sites excluding steroid dienone is 1. The zero-order valence-electron chi connectivity index (χ0n) is 13.8. The van der Waals surface area contributed by atoms with Crippen molar-refractivity contribution in [2.75, 3.05) is 0 Å². The largest absolute Gasteiger partial charge is 0.247 e. The first-order valence-electron chi connectivity index (χ1n) is 9.06. The predicted molar refractivity (Wildman–Crippen MR) is 90.0 cm³/mol. The van der Waals surface area contributed by atoms with Crippen molar-refractivity contribution in [1.29, 1.82) is 0 Å². The van der Waals surface area contributed by atoms with E-state index in [2.05, 4.69) is 13.5 Å². The first kappa shape index (κ1) is 19.7. The van der Waals surface area contributed by atoms with Gasteiger partial charge in [0.25, 0.3) is 0 Å². The fourth-order valence-electron chi connectivity index (χ4n) is 2.64. The molecule has 0 aliphatic carbocycles. The minimum absolute atomic E-state index is 0.537. The van der Waals surface area contributed by atoms with Gasteiger partial charge in [-0.2, -0.15) is 0 Å². The smallest absolute Gasteiger partial charge is 0.100 e. The molecule has 120 valence electrons. The summed E-state index contributed by atoms with van der Waals surface area (Å²) in [6.45, 7) is 5.88. The van der Waals surface area contributed by atoms with Gasteiger partial charge in [0.1, 0.15) is 6.17 Å². The highest BCUT2D eigenvalue weighted by Crippen LogP contribution is 2.15. The van der Waals surface area contributed by atoms with Gasteiger partial charge in [-0.05, 0) is 25.7 Å². The maximum Gasteiger partial charge on any atom is 0.100 e. The molecule has 0 unspecified atom stereocenters. The van der Waals surface area contributed by atoms with Crippen molar-refractivity contribution >= 4 is 0 Å². The molecule has 0 aromatic carbocycles. The summed E-state index contributed by atoms with van der Waals surface area (Å²) in [6.07, 6.45) is 19.6. The van der Waals surface area contributed by atoms with Crippen molar-refractivity contribution in [2.45, 2.75) is 109 Å². The summed E-state index contributed by atoms with van der Waals surface area (Å²) in [4.78, 5) is 0. The molecule has 0 saturated carbocycles. The van der Waals surface area contributed by atoms with Crippen LogP contribution < -0.4 is 0 Å². The van der Waals surface area contributed by atoms with Crippen LogP contribution in [0.5, 0.6) is 0 Å². The predicted octanol–water partition coefficient (Wildman–Crippen LogP) is 7.38. The van der Waals surface area contributed by atoms with Gasteiger partial charge in [0.2, 0.25) is 0 Å². The van der Waals surface area contributed by atoms with Gasteiger partial charge < -0.3 is 0 Å². The van der Waals surface area contributed by atoms with Gasteiger partial charge in [0.15, 0.2) is 0 Å². The van der Waals surface area contributed by atoms with Crippen LogP contribution in [-0.2, 0) is 0 Å². The van der Waals surface area contributed by atoms with Crippen LogP contribution >= 0.6 is 0 Å². The van der Waals surface area contributed by atoms with E-state index in [-0.39, 0.29) is 0 Å². The molecule has 1 heteroatoms. The molecule has 0 amide bonds. The summed E-state index contributed by atoms with van der Waals surface area (Å²) in [5.74, 6) is 0. The molecule has 0 aromatic rings. The summed E-state index contributed by atoms with van der Waals surface area (Å²) in [5, 5.41) is 0. The Balaban J connectivity index is 3.04. The van der Waals surface area contributed by atoms with Gasteiger partial charge in [0, 0.05) is 0 Å². The monoisotopic (exact) mass is 284 g/mol. The zero-order chi connectivity index (χ0) is 14.9. The summed E-state index contributed by atoms with van der Waals surface area (Å²) in [5.41, 5.74) is 0. The van der Waals surface area contributed by atoms with Gasteiger partial charge in [-0.3, -0.25) is 0 Å². The van der Waals surface area contributed by atoms with Gasteiger partial charge in [-0.1, -0.05) is 83.6 Å². The van der Waals surface area contributed by atoms with Crippen molar-refractivity contribution in [2.24, 2.45) is 0 Å². The van der Waals surface area contributed by atoms with E-state index in [9.17, 15) is 4.39 Å². The third kappa shape index (κ3) is 15.7. The Hall–Kier alpha value is -0.330. The minimum Gasteiger partial charge on any atom is -0.247 e. The zero-order valence-corrected chi connectivity index (χ0v) is 13.8. The molecule has 0 bridgehead atoms. The molecule has 0 nitrogen and oxygen atoms in total. The molecule has 0 aliphatic heterocycles. The summed E-state index contributed by atoms with van der Waals surface area (Å²) in [6, 6.07) is 0. The lowest BCUT2D eigenvalue weighted by atomic mass is 10.0. The van der Waals surface area contributed by atoms with Crippen LogP contribution in [0, 0.1) is 0 Å². The minimum atomic E-state index is -0.537. The van der Waals surface area contributed by atoms with Gasteiger partial charge in [0.05, 0.1) is 0 Å². The average molecular weight is 285 g/mol. The highest BCUT2D eigenvalue weighted by molar-refractivity contribution is 4.65. The lowest BCUT2D eigenvalue weighted by Gasteiger charge is -2.07. The number of unbranched alkanes of at least 4 members (excludes halogenated alkanes) is 11. The average Bonchev–Trinajstić information content (AvgIpc) is 2.46. The van der Waals surface area contributed by atoms with Crippen LogP contribution in [0.25, 0.3) is 0 Å². The lowest BCUT2D eigenvalue weighted by Crippen LogP contribution is -1.99. The van der Waals surface area contributed by atoms with E-state index in [1.54, 1.807) is 0 Å². The second-order valence-corrected chi connectivity index (χ2v) is 6.14. The van der Waals surface area contributed by atoms with Gasteiger partial charge in [-0.25, -0.2) is 4.39 Å². The molecule has 0 saturated heterocycles. The fraction of sp³-hybridized carbons (Fsp3) is 0.895. The fourth-order valence-corrected chi connectivity index (χ4v) is 2.64. The Morgan fingerprint density at radius 3 is 1.70 bits per heavy atom. The molecule has 0 radical (unpaired) electrons. The van der Waals surface area contributed by atoms with E-state index >= 15 is 0 Å². The van der Waals surface area contributed by atoms with Crippen molar-refractivity contribution < 1.29 is 4.39 Å². The maximum absolute atomic E-state index is 13.4. The van der Waals surface area contributed by atoms with E-state index in [1.807, 2.05) is 6.08 Å². The first-order valence-corrected chi connectivity index (χ1v) is 9.06. The molecule has 0 aromatic heterocycles. The number of hydrogen-bond donors (Lipinski definition) is 0. The molecule has 1 atom stereocenters. The second-order valence-electron chi connectivity index (χ2n) is 6.14. The van der Waals surface area contributed by atoms with Crippen LogP contribution in [0.3, 0.4) is 0 Å². The van der Waals surface area contributed by atoms with Crippen LogP contribution in [0.15, 0.2) is 12.7 Å². The summed E-state index contributed by atoms with van der Waals surface area (Å²) in [7, 11) is 0. The summed E-state index contributed by atoms with van der Waals surface area (Å²) >= 11 is 0. The van der Waals surface area contributed by atoms with Crippen molar-refractivity contribution in [3.8, 4) is 0 Å². The first-order chi connectivity index (χ1) is 9.81. The van der Waals surface area contributed by atoms with E-state index in [0.717, 1.165) is 32.1 Å². The Labute approximate surface area is 127 Å². The molecule has 0 aliphatic rings. The molecular weight excluding hydrogens is 247 g/mol. The summed E-state index contributed by atoms with van der Waals surface area (Å²) < 4.78 is 13.4. The van der Waals surface area contributed by atoms with Crippen LogP contribution in [0.2, 0.25) is 0 Å². The van der Waals surface area contributed by atoms with Crippen molar-refractivity contribution in [1.82, 2.24) is 0 Å². The standard InChI is InChI=1S/C19H37F/c1-3-5-7-8-9-10-11-12-13-14-15-16-18-19(20)17-6-4-2/h3,19H,1,4-18H2,2H3/t19-/m1/s1. The van der Waals surface area contributed by atoms with Gasteiger partial charge >= 0.3 is 0 Å². The second kappa shape index (κ2) is 16.7. The quantitative estimate of drug-likeness (QED) is 0.205. The van der Waals surface area contributed by atoms with E-state index in [1.165, 1.54) is 64.2 Å². The molecule has 0 rings (SSSR count). The maximum atomic E-state index is 13.4. The normalized spacial score (nSPS) is 12.5. The number of alkyl halides is 1. The van der Waals surface area contributed by atoms with Gasteiger partial charge in [-0.15, -0.1) is 6.58 Å². The number of hydrogen-bond acceptors (Lipinski definition) is 0. The third-order valence-corrected chi connectivity index (χ3v) is 4.05. The Morgan fingerprint density at radius 1 is 0.750 bits per heavy atom. The Bertz CT molecular complexity index is 188. The Kier molecular flexibility index (Phi) is 16.4. The van der Waals surface area contributed by atoms with E-state index in [4.69, 9.17) is 0 Å². The van der Waals surface area contributed by atoms with Crippen molar-refractivity contribution in [3.63, 3.8) is 0 Å². The Morgan fingerprint density at radius 2 is 1.20 bits per heavy atom. The number of rotatable bonds is 16. The molecular formula is C19H37F. The number of halogens is 1. The van der Waals surface area contributed by atoms with E-state index < -0.39 is 6.17 Å². The van der Waals surface area contributed by atoms with E-state index in [0.29, 0.717) is 0 Å². The van der Waals surface area contributed by atoms with Crippen molar-refractivity contribution in [3.05, 3.63) is 12.7 Å². The molecule has 0 spiro atoms. The SMILES string of the molecule is C=CCCCCCCCCCCCC[C@H](F)CCCC. The highest BCUT2D eigenvalue weighted by Gasteiger charge is 2.04. The van der Waals surface area contributed by atoms with Crippen LogP contribution in [0.1, 0.15) is 103 Å². The molecule has 0 fully saturated rings.